The molecule has 4 aromatic rings. The Morgan fingerprint density at radius 3 is 2.30 bits per heavy atom. The Kier molecular flexibility index (Phi) is 3.14. The average Bonchev–Trinajstić information content (AvgIpc) is 3.06. The van der Waals surface area contributed by atoms with Crippen LogP contribution in [0.15, 0.2) is 72.8 Å². The van der Waals surface area contributed by atoms with Gasteiger partial charge in [-0.05, 0) is 23.3 Å². The highest BCUT2D eigenvalue weighted by atomic mass is 14.9. The number of fused-ring (bicyclic) bond motifs is 1. The summed E-state index contributed by atoms with van der Waals surface area (Å²) in [5.74, 6) is 0.780. The van der Waals surface area contributed by atoms with E-state index in [-0.39, 0.29) is 0 Å². The zero-order valence-electron chi connectivity index (χ0n) is 12.3. The lowest BCUT2D eigenvalue weighted by molar-refractivity contribution is 1.33. The SMILES string of the molecule is N#Cc1cccc2[nH]c(-c3ccccc3-c3ccccc3)nc12. The molecule has 23 heavy (non-hydrogen) atoms. The molecule has 0 saturated heterocycles. The number of nitrogens with one attached hydrogen (secondary N) is 1. The van der Waals surface area contributed by atoms with Crippen LogP contribution in [-0.2, 0) is 0 Å². The molecule has 0 spiro atoms. The van der Waals surface area contributed by atoms with E-state index in [2.05, 4.69) is 34.2 Å². The van der Waals surface area contributed by atoms with Gasteiger partial charge in [-0.2, -0.15) is 5.26 Å². The fraction of sp³-hybridized carbons (Fsp3) is 0. The van der Waals surface area contributed by atoms with Gasteiger partial charge in [0.15, 0.2) is 0 Å². The Balaban J connectivity index is 1.94. The molecule has 0 aliphatic carbocycles. The number of H-pyrrole nitrogens is 1. The number of hydrogen-bond donors (Lipinski definition) is 1. The van der Waals surface area contributed by atoms with E-state index < -0.39 is 0 Å². The van der Waals surface area contributed by atoms with E-state index in [4.69, 9.17) is 0 Å². The topological polar surface area (TPSA) is 52.5 Å². The van der Waals surface area contributed by atoms with Crippen LogP contribution in [0, 0.1) is 11.3 Å². The number of benzene rings is 3. The maximum Gasteiger partial charge on any atom is 0.139 e. The summed E-state index contributed by atoms with van der Waals surface area (Å²) in [6.07, 6.45) is 0. The van der Waals surface area contributed by atoms with Crippen LogP contribution in [-0.4, -0.2) is 9.97 Å². The second-order valence-electron chi connectivity index (χ2n) is 5.31. The average molecular weight is 295 g/mol. The number of imidazole rings is 1. The van der Waals surface area contributed by atoms with Gasteiger partial charge in [0, 0.05) is 5.56 Å². The lowest BCUT2D eigenvalue weighted by Crippen LogP contribution is -1.86. The normalized spacial score (nSPS) is 10.6. The smallest absolute Gasteiger partial charge is 0.139 e. The third-order valence-electron chi connectivity index (χ3n) is 3.90. The standard InChI is InChI=1S/C20H13N3/c21-13-15-9-6-12-18-19(15)23-20(22-18)17-11-5-4-10-16(17)14-7-2-1-3-8-14/h1-12H,(H,22,23). The van der Waals surface area contributed by atoms with E-state index in [1.54, 1.807) is 6.07 Å². The molecule has 108 valence electrons. The lowest BCUT2D eigenvalue weighted by Gasteiger charge is -2.07. The van der Waals surface area contributed by atoms with E-state index in [9.17, 15) is 5.26 Å². The van der Waals surface area contributed by atoms with Crippen molar-refractivity contribution in [3.05, 3.63) is 78.4 Å². The number of rotatable bonds is 2. The number of aromatic amines is 1. The molecule has 1 N–H and O–H groups in total. The quantitative estimate of drug-likeness (QED) is 0.579. The third-order valence-corrected chi connectivity index (χ3v) is 3.90. The van der Waals surface area contributed by atoms with Gasteiger partial charge in [-0.25, -0.2) is 4.98 Å². The van der Waals surface area contributed by atoms with E-state index in [0.29, 0.717) is 11.1 Å². The van der Waals surface area contributed by atoms with E-state index >= 15 is 0 Å². The Labute approximate surface area is 133 Å². The van der Waals surface area contributed by atoms with Gasteiger partial charge in [-0.15, -0.1) is 0 Å². The predicted molar refractivity (Wildman–Crippen MR) is 91.7 cm³/mol. The largest absolute Gasteiger partial charge is 0.338 e. The van der Waals surface area contributed by atoms with Crippen LogP contribution >= 0.6 is 0 Å². The zero-order valence-corrected chi connectivity index (χ0v) is 12.3. The van der Waals surface area contributed by atoms with Gasteiger partial charge in [0.05, 0.1) is 11.1 Å². The molecular weight excluding hydrogens is 282 g/mol. The second-order valence-corrected chi connectivity index (χ2v) is 5.31. The number of nitrogens with zero attached hydrogens (tertiary/aromatic N) is 2. The van der Waals surface area contributed by atoms with Crippen LogP contribution in [0.3, 0.4) is 0 Å². The van der Waals surface area contributed by atoms with Crippen molar-refractivity contribution in [2.24, 2.45) is 0 Å². The molecule has 1 aromatic heterocycles. The van der Waals surface area contributed by atoms with Crippen molar-refractivity contribution in [1.82, 2.24) is 9.97 Å². The van der Waals surface area contributed by atoms with Gasteiger partial charge < -0.3 is 4.98 Å². The maximum absolute atomic E-state index is 9.24. The van der Waals surface area contributed by atoms with E-state index in [1.165, 1.54) is 0 Å². The summed E-state index contributed by atoms with van der Waals surface area (Å²) in [6.45, 7) is 0. The minimum atomic E-state index is 0.585. The van der Waals surface area contributed by atoms with Crippen LogP contribution in [0.25, 0.3) is 33.5 Å². The minimum absolute atomic E-state index is 0.585. The van der Waals surface area contributed by atoms with Crippen molar-refractivity contribution in [1.29, 1.82) is 5.26 Å². The molecule has 1 heterocycles. The highest BCUT2D eigenvalue weighted by molar-refractivity contribution is 5.88. The third kappa shape index (κ3) is 2.27. The Hall–Kier alpha value is -3.38. The number of nitriles is 1. The molecule has 3 nitrogen and oxygen atoms in total. The summed E-state index contributed by atoms with van der Waals surface area (Å²) < 4.78 is 0. The molecule has 3 aromatic carbocycles. The van der Waals surface area contributed by atoms with Gasteiger partial charge in [0.25, 0.3) is 0 Å². The van der Waals surface area contributed by atoms with Crippen molar-refractivity contribution in [2.75, 3.05) is 0 Å². The summed E-state index contributed by atoms with van der Waals surface area (Å²) in [5.41, 5.74) is 5.46. The molecule has 0 fully saturated rings. The number of aromatic nitrogens is 2. The zero-order chi connectivity index (χ0) is 15.6. The number of para-hydroxylation sites is 1. The first-order valence-corrected chi connectivity index (χ1v) is 7.40. The predicted octanol–water partition coefficient (Wildman–Crippen LogP) is 4.77. The Morgan fingerprint density at radius 2 is 1.52 bits per heavy atom. The van der Waals surface area contributed by atoms with Crippen molar-refractivity contribution < 1.29 is 0 Å². The fourth-order valence-corrected chi connectivity index (χ4v) is 2.81. The molecule has 0 aliphatic rings. The van der Waals surface area contributed by atoms with Crippen molar-refractivity contribution >= 4 is 11.0 Å². The molecule has 0 saturated carbocycles. The van der Waals surface area contributed by atoms with Gasteiger partial charge in [-0.3, -0.25) is 0 Å². The first-order chi connectivity index (χ1) is 11.4. The lowest BCUT2D eigenvalue weighted by atomic mass is 9.99. The van der Waals surface area contributed by atoms with Crippen molar-refractivity contribution in [3.8, 4) is 28.6 Å². The summed E-state index contributed by atoms with van der Waals surface area (Å²) in [5, 5.41) is 9.24. The highest BCUT2D eigenvalue weighted by Gasteiger charge is 2.12. The van der Waals surface area contributed by atoms with E-state index in [0.717, 1.165) is 28.0 Å². The molecule has 0 atom stereocenters. The first kappa shape index (κ1) is 13.3. The minimum Gasteiger partial charge on any atom is -0.338 e. The van der Waals surface area contributed by atoms with Crippen LogP contribution < -0.4 is 0 Å². The van der Waals surface area contributed by atoms with Gasteiger partial charge in [-0.1, -0.05) is 60.7 Å². The Bertz CT molecular complexity index is 1020. The van der Waals surface area contributed by atoms with E-state index in [1.807, 2.05) is 48.5 Å². The fourth-order valence-electron chi connectivity index (χ4n) is 2.81. The van der Waals surface area contributed by atoms with Crippen molar-refractivity contribution in [3.63, 3.8) is 0 Å². The molecule has 4 rings (SSSR count). The monoisotopic (exact) mass is 295 g/mol. The van der Waals surface area contributed by atoms with Crippen LogP contribution in [0.2, 0.25) is 0 Å². The van der Waals surface area contributed by atoms with Crippen molar-refractivity contribution in [2.45, 2.75) is 0 Å². The molecule has 0 radical (unpaired) electrons. The second kappa shape index (κ2) is 5.43. The van der Waals surface area contributed by atoms with Gasteiger partial charge in [0.2, 0.25) is 0 Å². The molecule has 3 heteroatoms. The summed E-state index contributed by atoms with van der Waals surface area (Å²) in [4.78, 5) is 8.00. The molecule has 0 bridgehead atoms. The molecule has 0 aliphatic heterocycles. The van der Waals surface area contributed by atoms with Gasteiger partial charge >= 0.3 is 0 Å². The van der Waals surface area contributed by atoms with Crippen LogP contribution in [0.1, 0.15) is 5.56 Å². The summed E-state index contributed by atoms with van der Waals surface area (Å²) >= 11 is 0. The van der Waals surface area contributed by atoms with Crippen LogP contribution in [0.5, 0.6) is 0 Å². The van der Waals surface area contributed by atoms with Gasteiger partial charge in [0.1, 0.15) is 17.4 Å². The Morgan fingerprint density at radius 1 is 0.783 bits per heavy atom. The number of hydrogen-bond acceptors (Lipinski definition) is 2. The molecular formula is C20H13N3. The highest BCUT2D eigenvalue weighted by Crippen LogP contribution is 2.31. The van der Waals surface area contributed by atoms with Crippen LogP contribution in [0.4, 0.5) is 0 Å². The summed E-state index contributed by atoms with van der Waals surface area (Å²) in [6, 6.07) is 26.2. The first-order valence-electron chi connectivity index (χ1n) is 7.40. The molecule has 0 amide bonds. The molecule has 0 unspecified atom stereocenters. The maximum atomic E-state index is 9.24. The summed E-state index contributed by atoms with van der Waals surface area (Å²) in [7, 11) is 0.